The summed E-state index contributed by atoms with van der Waals surface area (Å²) in [4.78, 5) is 23.5. The van der Waals surface area contributed by atoms with Gasteiger partial charge in [0.05, 0.1) is 25.7 Å². The number of carbonyl (C=O) groups is 1. The predicted octanol–water partition coefficient (Wildman–Crippen LogP) is 0.784. The molecule has 0 saturated carbocycles. The number of methoxy groups -OCH3 is 2. The molecule has 0 atom stereocenters. The summed E-state index contributed by atoms with van der Waals surface area (Å²) in [5.74, 6) is 0.977. The third-order valence-electron chi connectivity index (χ3n) is 2.66. The lowest BCUT2D eigenvalue weighted by molar-refractivity contribution is -0.113. The molecule has 1 aromatic carbocycles. The molecule has 10 heteroatoms. The van der Waals surface area contributed by atoms with Crippen molar-refractivity contribution in [2.75, 3.05) is 36.8 Å². The number of hydrogen-bond acceptors (Lipinski definition) is 9. The van der Waals surface area contributed by atoms with Crippen LogP contribution in [0.4, 0.5) is 17.6 Å². The number of benzene rings is 1. The van der Waals surface area contributed by atoms with E-state index in [0.717, 1.165) is 11.8 Å². The first-order valence-corrected chi connectivity index (χ1v) is 7.42. The van der Waals surface area contributed by atoms with Gasteiger partial charge in [-0.05, 0) is 12.1 Å². The van der Waals surface area contributed by atoms with E-state index in [2.05, 4.69) is 20.3 Å². The monoisotopic (exact) mass is 336 g/mol. The highest BCUT2D eigenvalue weighted by atomic mass is 32.2. The summed E-state index contributed by atoms with van der Waals surface area (Å²) in [6, 6.07) is 5.09. The van der Waals surface area contributed by atoms with Crippen molar-refractivity contribution in [3.63, 3.8) is 0 Å². The predicted molar refractivity (Wildman–Crippen MR) is 87.6 cm³/mol. The van der Waals surface area contributed by atoms with E-state index in [1.807, 2.05) is 0 Å². The molecule has 23 heavy (non-hydrogen) atoms. The van der Waals surface area contributed by atoms with Crippen molar-refractivity contribution in [1.29, 1.82) is 0 Å². The third-order valence-corrected chi connectivity index (χ3v) is 3.51. The largest absolute Gasteiger partial charge is 0.497 e. The number of nitrogens with two attached hydrogens (primary N) is 2. The average molecular weight is 336 g/mol. The van der Waals surface area contributed by atoms with Crippen LogP contribution in [-0.2, 0) is 4.79 Å². The Morgan fingerprint density at radius 2 is 1.87 bits per heavy atom. The van der Waals surface area contributed by atoms with Gasteiger partial charge in [0.15, 0.2) is 5.16 Å². The first kappa shape index (κ1) is 16.6. The molecule has 0 aliphatic heterocycles. The molecule has 2 aromatic rings. The molecule has 0 radical (unpaired) electrons. The number of amides is 1. The molecule has 0 aliphatic carbocycles. The zero-order valence-electron chi connectivity index (χ0n) is 12.6. The zero-order valence-corrected chi connectivity index (χ0v) is 13.4. The Labute approximate surface area is 136 Å². The summed E-state index contributed by atoms with van der Waals surface area (Å²) in [6.45, 7) is 0. The molecule has 0 saturated heterocycles. The summed E-state index contributed by atoms with van der Waals surface area (Å²) in [5.41, 5.74) is 11.5. The molecule has 0 unspecified atom stereocenters. The number of carbonyl (C=O) groups excluding carboxylic acids is 1. The normalized spacial score (nSPS) is 10.2. The molecular formula is C13H16N6O3S. The molecule has 0 fully saturated rings. The third kappa shape index (κ3) is 4.61. The maximum atomic E-state index is 12.0. The number of nitrogens with zero attached hydrogens (tertiary/aromatic N) is 3. The zero-order chi connectivity index (χ0) is 16.8. The first-order chi connectivity index (χ1) is 11.0. The van der Waals surface area contributed by atoms with Crippen LogP contribution in [0, 0.1) is 0 Å². The minimum absolute atomic E-state index is 0.0113. The lowest BCUT2D eigenvalue weighted by Crippen LogP contribution is -2.15. The second kappa shape index (κ2) is 7.49. The molecule has 0 aliphatic rings. The second-order valence-electron chi connectivity index (χ2n) is 4.24. The van der Waals surface area contributed by atoms with Gasteiger partial charge in [0, 0.05) is 6.07 Å². The fourth-order valence-electron chi connectivity index (χ4n) is 1.67. The highest BCUT2D eigenvalue weighted by Gasteiger charge is 2.11. The van der Waals surface area contributed by atoms with Crippen LogP contribution < -0.4 is 26.3 Å². The van der Waals surface area contributed by atoms with Gasteiger partial charge < -0.3 is 26.3 Å². The molecular weight excluding hydrogens is 320 g/mol. The van der Waals surface area contributed by atoms with Gasteiger partial charge in [0.1, 0.15) is 11.5 Å². The van der Waals surface area contributed by atoms with Crippen LogP contribution in [0.3, 0.4) is 0 Å². The Balaban J connectivity index is 1.99. The Bertz CT molecular complexity index is 692. The smallest absolute Gasteiger partial charge is 0.234 e. The van der Waals surface area contributed by atoms with E-state index < -0.39 is 0 Å². The van der Waals surface area contributed by atoms with Gasteiger partial charge in [-0.15, -0.1) is 0 Å². The van der Waals surface area contributed by atoms with Gasteiger partial charge in [-0.2, -0.15) is 15.0 Å². The van der Waals surface area contributed by atoms with Crippen molar-refractivity contribution in [2.45, 2.75) is 5.16 Å². The van der Waals surface area contributed by atoms with Crippen LogP contribution in [0.5, 0.6) is 11.5 Å². The molecule has 1 amide bonds. The van der Waals surface area contributed by atoms with Crippen molar-refractivity contribution >= 4 is 35.3 Å². The summed E-state index contributed by atoms with van der Waals surface area (Å²) in [7, 11) is 3.06. The van der Waals surface area contributed by atoms with Crippen molar-refractivity contribution < 1.29 is 14.3 Å². The van der Waals surface area contributed by atoms with Crippen LogP contribution in [-0.4, -0.2) is 40.8 Å². The van der Waals surface area contributed by atoms with Crippen LogP contribution in [0.2, 0.25) is 0 Å². The average Bonchev–Trinajstić information content (AvgIpc) is 2.52. The molecule has 5 N–H and O–H groups in total. The lowest BCUT2D eigenvalue weighted by atomic mass is 10.2. The number of thioether (sulfide) groups is 1. The number of nitrogen functional groups attached to an aromatic ring is 2. The highest BCUT2D eigenvalue weighted by molar-refractivity contribution is 7.99. The van der Waals surface area contributed by atoms with Crippen molar-refractivity contribution in [2.24, 2.45) is 0 Å². The maximum absolute atomic E-state index is 12.0. The maximum Gasteiger partial charge on any atom is 0.234 e. The first-order valence-electron chi connectivity index (χ1n) is 6.43. The standard InChI is InChI=1S/C13H16N6O3S/c1-21-7-3-4-8(9(5-7)22-2)16-10(20)6-23-13-18-11(14)17-12(15)19-13/h3-5H,6H2,1-2H3,(H,16,20)(H4,14,15,17,18,19). The quantitative estimate of drug-likeness (QED) is 0.653. The van der Waals surface area contributed by atoms with E-state index in [9.17, 15) is 4.79 Å². The van der Waals surface area contributed by atoms with Crippen molar-refractivity contribution in [1.82, 2.24) is 15.0 Å². The van der Waals surface area contributed by atoms with Crippen molar-refractivity contribution in [3.05, 3.63) is 18.2 Å². The molecule has 1 aromatic heterocycles. The highest BCUT2D eigenvalue weighted by Crippen LogP contribution is 2.29. The Hall–Kier alpha value is -2.75. The second-order valence-corrected chi connectivity index (χ2v) is 5.18. The summed E-state index contributed by atoms with van der Waals surface area (Å²) >= 11 is 1.10. The number of hydrogen-bond donors (Lipinski definition) is 3. The van der Waals surface area contributed by atoms with Crippen LogP contribution in [0.15, 0.2) is 23.4 Å². The summed E-state index contributed by atoms with van der Waals surface area (Å²) in [5, 5.41) is 3.02. The van der Waals surface area contributed by atoms with Crippen molar-refractivity contribution in [3.8, 4) is 11.5 Å². The number of anilines is 3. The van der Waals surface area contributed by atoms with Crippen LogP contribution in [0.1, 0.15) is 0 Å². The fourth-order valence-corrected chi connectivity index (χ4v) is 2.32. The number of nitrogens with one attached hydrogen (secondary N) is 1. The number of ether oxygens (including phenoxy) is 2. The van der Waals surface area contributed by atoms with E-state index in [-0.39, 0.29) is 28.7 Å². The van der Waals surface area contributed by atoms with E-state index in [1.165, 1.54) is 7.11 Å². The molecule has 2 rings (SSSR count). The minimum atomic E-state index is -0.254. The fraction of sp³-hybridized carbons (Fsp3) is 0.231. The number of rotatable bonds is 6. The number of aromatic nitrogens is 3. The molecule has 122 valence electrons. The SMILES string of the molecule is COc1ccc(NC(=O)CSc2nc(N)nc(N)n2)c(OC)c1. The van der Waals surface area contributed by atoms with E-state index in [1.54, 1.807) is 25.3 Å². The Morgan fingerprint density at radius 1 is 1.17 bits per heavy atom. The van der Waals surface area contributed by atoms with Gasteiger partial charge in [0.25, 0.3) is 0 Å². The molecule has 0 bridgehead atoms. The summed E-state index contributed by atoms with van der Waals surface area (Å²) < 4.78 is 10.3. The van der Waals surface area contributed by atoms with Crippen LogP contribution >= 0.6 is 11.8 Å². The van der Waals surface area contributed by atoms with Gasteiger partial charge >= 0.3 is 0 Å². The van der Waals surface area contributed by atoms with Gasteiger partial charge in [-0.1, -0.05) is 11.8 Å². The Kier molecular flexibility index (Phi) is 5.41. The van der Waals surface area contributed by atoms with E-state index in [4.69, 9.17) is 20.9 Å². The molecule has 1 heterocycles. The Morgan fingerprint density at radius 3 is 2.48 bits per heavy atom. The molecule has 0 spiro atoms. The van der Waals surface area contributed by atoms with Crippen LogP contribution in [0.25, 0.3) is 0 Å². The van der Waals surface area contributed by atoms with E-state index in [0.29, 0.717) is 17.2 Å². The topological polar surface area (TPSA) is 138 Å². The summed E-state index contributed by atoms with van der Waals surface area (Å²) in [6.07, 6.45) is 0. The van der Waals surface area contributed by atoms with E-state index >= 15 is 0 Å². The minimum Gasteiger partial charge on any atom is -0.497 e. The van der Waals surface area contributed by atoms with Gasteiger partial charge in [-0.25, -0.2) is 0 Å². The molecule has 9 nitrogen and oxygen atoms in total. The lowest BCUT2D eigenvalue weighted by Gasteiger charge is -2.11. The van der Waals surface area contributed by atoms with Gasteiger partial charge in [0.2, 0.25) is 17.8 Å². The van der Waals surface area contributed by atoms with Gasteiger partial charge in [-0.3, -0.25) is 4.79 Å².